The van der Waals surface area contributed by atoms with Gasteiger partial charge in [-0.25, -0.2) is 0 Å². The second-order valence-corrected chi connectivity index (χ2v) is 5.85. The number of rotatable bonds is 3. The Labute approximate surface area is 98.1 Å². The van der Waals surface area contributed by atoms with E-state index in [0.717, 1.165) is 12.5 Å². The quantitative estimate of drug-likeness (QED) is 0.762. The number of nitrogens with one attached hydrogen (secondary N) is 1. The summed E-state index contributed by atoms with van der Waals surface area (Å²) in [6.07, 6.45) is 9.42. The molecule has 0 aromatic carbocycles. The van der Waals surface area contributed by atoms with Crippen molar-refractivity contribution in [3.63, 3.8) is 0 Å². The van der Waals surface area contributed by atoms with E-state index >= 15 is 0 Å². The molecule has 2 aliphatic carbocycles. The van der Waals surface area contributed by atoms with Gasteiger partial charge in [0.05, 0.1) is 6.10 Å². The molecule has 3 rings (SSSR count). The van der Waals surface area contributed by atoms with Gasteiger partial charge in [0.1, 0.15) is 0 Å². The SMILES string of the molecule is NC1CCC(NC2CCOC2C2CC2)CC1. The van der Waals surface area contributed by atoms with Gasteiger partial charge in [0, 0.05) is 24.7 Å². The van der Waals surface area contributed by atoms with Crippen LogP contribution in [0.15, 0.2) is 0 Å². The predicted molar refractivity (Wildman–Crippen MR) is 64.2 cm³/mol. The maximum Gasteiger partial charge on any atom is 0.0757 e. The van der Waals surface area contributed by atoms with Gasteiger partial charge in [0.25, 0.3) is 0 Å². The molecule has 0 bridgehead atoms. The Morgan fingerprint density at radius 1 is 0.938 bits per heavy atom. The maximum atomic E-state index is 5.94. The van der Waals surface area contributed by atoms with E-state index in [4.69, 9.17) is 10.5 Å². The van der Waals surface area contributed by atoms with Crippen molar-refractivity contribution in [2.75, 3.05) is 6.61 Å². The van der Waals surface area contributed by atoms with E-state index in [1.54, 1.807) is 0 Å². The van der Waals surface area contributed by atoms with E-state index in [-0.39, 0.29) is 0 Å². The van der Waals surface area contributed by atoms with Crippen molar-refractivity contribution in [3.05, 3.63) is 0 Å². The topological polar surface area (TPSA) is 47.3 Å². The Morgan fingerprint density at radius 3 is 2.38 bits per heavy atom. The molecule has 0 radical (unpaired) electrons. The third-order valence-electron chi connectivity index (χ3n) is 4.44. The van der Waals surface area contributed by atoms with Gasteiger partial charge in [0.2, 0.25) is 0 Å². The van der Waals surface area contributed by atoms with Crippen LogP contribution in [0.2, 0.25) is 0 Å². The molecule has 3 fully saturated rings. The van der Waals surface area contributed by atoms with Crippen LogP contribution in [0.25, 0.3) is 0 Å². The predicted octanol–water partition coefficient (Wildman–Crippen LogP) is 1.41. The molecule has 16 heavy (non-hydrogen) atoms. The summed E-state index contributed by atoms with van der Waals surface area (Å²) < 4.78 is 5.86. The zero-order chi connectivity index (χ0) is 11.0. The van der Waals surface area contributed by atoms with E-state index in [1.165, 1.54) is 44.9 Å². The van der Waals surface area contributed by atoms with Crippen LogP contribution >= 0.6 is 0 Å². The maximum absolute atomic E-state index is 5.94. The molecule has 3 aliphatic rings. The van der Waals surface area contributed by atoms with Crippen LogP contribution in [0.3, 0.4) is 0 Å². The van der Waals surface area contributed by atoms with Gasteiger partial charge in [-0.2, -0.15) is 0 Å². The lowest BCUT2D eigenvalue weighted by molar-refractivity contribution is 0.0774. The Hall–Kier alpha value is -0.120. The van der Waals surface area contributed by atoms with Crippen molar-refractivity contribution in [1.82, 2.24) is 5.32 Å². The third kappa shape index (κ3) is 2.41. The van der Waals surface area contributed by atoms with E-state index in [2.05, 4.69) is 5.32 Å². The first kappa shape index (κ1) is 11.0. The van der Waals surface area contributed by atoms with Gasteiger partial charge < -0.3 is 15.8 Å². The fourth-order valence-electron chi connectivity index (χ4n) is 3.27. The number of hydrogen-bond donors (Lipinski definition) is 2. The minimum atomic E-state index is 0.456. The van der Waals surface area contributed by atoms with Gasteiger partial charge >= 0.3 is 0 Å². The molecule has 0 aromatic heterocycles. The van der Waals surface area contributed by atoms with E-state index in [0.29, 0.717) is 24.2 Å². The van der Waals surface area contributed by atoms with E-state index < -0.39 is 0 Å². The molecule has 0 spiro atoms. The summed E-state index contributed by atoms with van der Waals surface area (Å²) in [4.78, 5) is 0. The normalized spacial score (nSPS) is 44.8. The highest BCUT2D eigenvalue weighted by atomic mass is 16.5. The number of hydrogen-bond acceptors (Lipinski definition) is 3. The lowest BCUT2D eigenvalue weighted by atomic mass is 9.90. The first-order chi connectivity index (χ1) is 7.83. The fourth-order valence-corrected chi connectivity index (χ4v) is 3.27. The van der Waals surface area contributed by atoms with Crippen LogP contribution in [-0.4, -0.2) is 30.8 Å². The molecule has 1 heterocycles. The molecular formula is C13H24N2O. The highest BCUT2D eigenvalue weighted by molar-refractivity contribution is 4.95. The van der Waals surface area contributed by atoms with Crippen molar-refractivity contribution < 1.29 is 4.74 Å². The Morgan fingerprint density at radius 2 is 1.69 bits per heavy atom. The monoisotopic (exact) mass is 224 g/mol. The fraction of sp³-hybridized carbons (Fsp3) is 1.00. The Balaban J connectivity index is 1.49. The number of nitrogens with two attached hydrogens (primary N) is 1. The molecule has 1 saturated heterocycles. The highest BCUT2D eigenvalue weighted by Crippen LogP contribution is 2.39. The lowest BCUT2D eigenvalue weighted by Gasteiger charge is -2.31. The van der Waals surface area contributed by atoms with Crippen molar-refractivity contribution in [3.8, 4) is 0 Å². The average Bonchev–Trinajstić information content (AvgIpc) is 3.03. The van der Waals surface area contributed by atoms with Gasteiger partial charge in [-0.05, 0) is 50.9 Å². The summed E-state index contributed by atoms with van der Waals surface area (Å²) in [6.45, 7) is 0.963. The molecule has 2 atom stereocenters. The molecule has 3 heteroatoms. The first-order valence-electron chi connectivity index (χ1n) is 6.96. The summed E-state index contributed by atoms with van der Waals surface area (Å²) in [5.41, 5.74) is 5.94. The van der Waals surface area contributed by atoms with Gasteiger partial charge in [-0.3, -0.25) is 0 Å². The zero-order valence-electron chi connectivity index (χ0n) is 10.0. The Kier molecular flexibility index (Phi) is 3.18. The van der Waals surface area contributed by atoms with Crippen molar-refractivity contribution >= 4 is 0 Å². The van der Waals surface area contributed by atoms with Gasteiger partial charge in [-0.15, -0.1) is 0 Å². The summed E-state index contributed by atoms with van der Waals surface area (Å²) in [6, 6.07) is 1.79. The van der Waals surface area contributed by atoms with Crippen LogP contribution in [0, 0.1) is 5.92 Å². The summed E-state index contributed by atoms with van der Waals surface area (Å²) >= 11 is 0. The van der Waals surface area contributed by atoms with Crippen molar-refractivity contribution in [1.29, 1.82) is 0 Å². The summed E-state index contributed by atoms with van der Waals surface area (Å²) in [5, 5.41) is 3.83. The largest absolute Gasteiger partial charge is 0.376 e. The zero-order valence-corrected chi connectivity index (χ0v) is 10.0. The summed E-state index contributed by atoms with van der Waals surface area (Å²) in [7, 11) is 0. The molecule has 92 valence electrons. The second kappa shape index (κ2) is 4.63. The standard InChI is InChI=1S/C13H24N2O/c14-10-3-5-11(6-4-10)15-12-7-8-16-13(12)9-1-2-9/h9-13,15H,1-8,14H2. The molecule has 0 amide bonds. The Bertz CT molecular complexity index is 234. The molecule has 2 unspecified atom stereocenters. The third-order valence-corrected chi connectivity index (χ3v) is 4.44. The summed E-state index contributed by atoms with van der Waals surface area (Å²) in [5.74, 6) is 0.867. The molecule has 3 N–H and O–H groups in total. The molecule has 1 aliphatic heterocycles. The molecule has 2 saturated carbocycles. The lowest BCUT2D eigenvalue weighted by Crippen LogP contribution is -2.46. The van der Waals surface area contributed by atoms with E-state index in [1.807, 2.05) is 0 Å². The van der Waals surface area contributed by atoms with Gasteiger partial charge in [-0.1, -0.05) is 0 Å². The minimum Gasteiger partial charge on any atom is -0.376 e. The van der Waals surface area contributed by atoms with Crippen LogP contribution in [0.5, 0.6) is 0 Å². The first-order valence-corrected chi connectivity index (χ1v) is 6.96. The highest BCUT2D eigenvalue weighted by Gasteiger charge is 2.41. The smallest absolute Gasteiger partial charge is 0.0757 e. The second-order valence-electron chi connectivity index (χ2n) is 5.85. The van der Waals surface area contributed by atoms with E-state index in [9.17, 15) is 0 Å². The van der Waals surface area contributed by atoms with Crippen LogP contribution in [0.1, 0.15) is 44.9 Å². The van der Waals surface area contributed by atoms with Gasteiger partial charge in [0.15, 0.2) is 0 Å². The molecular weight excluding hydrogens is 200 g/mol. The van der Waals surface area contributed by atoms with Crippen LogP contribution < -0.4 is 11.1 Å². The molecule has 3 nitrogen and oxygen atoms in total. The van der Waals surface area contributed by atoms with Crippen molar-refractivity contribution in [2.24, 2.45) is 11.7 Å². The minimum absolute atomic E-state index is 0.456. The van der Waals surface area contributed by atoms with Crippen molar-refractivity contribution in [2.45, 2.75) is 69.2 Å². The van der Waals surface area contributed by atoms with Crippen LogP contribution in [0.4, 0.5) is 0 Å². The van der Waals surface area contributed by atoms with Crippen LogP contribution in [-0.2, 0) is 4.74 Å². The average molecular weight is 224 g/mol. The number of ether oxygens (including phenoxy) is 1. The molecule has 0 aromatic rings.